The van der Waals surface area contributed by atoms with E-state index in [1.165, 1.54) is 0 Å². The lowest BCUT2D eigenvalue weighted by Crippen LogP contribution is -2.37. The molecule has 2 amide bonds. The summed E-state index contributed by atoms with van der Waals surface area (Å²) in [5, 5.41) is 5.54. The van der Waals surface area contributed by atoms with Gasteiger partial charge in [-0.25, -0.2) is 0 Å². The lowest BCUT2D eigenvalue weighted by atomic mass is 10.3. The summed E-state index contributed by atoms with van der Waals surface area (Å²) in [6.45, 7) is 3.70. The van der Waals surface area contributed by atoms with Gasteiger partial charge < -0.3 is 15.5 Å². The first-order valence-corrected chi connectivity index (χ1v) is 5.27. The molecule has 0 heterocycles. The van der Waals surface area contributed by atoms with Gasteiger partial charge in [0.25, 0.3) is 0 Å². The summed E-state index contributed by atoms with van der Waals surface area (Å²) in [5.41, 5.74) is 0. The lowest BCUT2D eigenvalue weighted by molar-refractivity contribution is -0.129. The van der Waals surface area contributed by atoms with Crippen molar-refractivity contribution < 1.29 is 9.59 Å². The van der Waals surface area contributed by atoms with Crippen molar-refractivity contribution >= 4 is 11.8 Å². The van der Waals surface area contributed by atoms with E-state index in [-0.39, 0.29) is 11.8 Å². The molecule has 0 aromatic heterocycles. The molecule has 0 saturated heterocycles. The molecule has 15 heavy (non-hydrogen) atoms. The van der Waals surface area contributed by atoms with Crippen LogP contribution in [-0.4, -0.2) is 50.4 Å². The number of carbonyl (C=O) groups excluding carboxylic acids is 2. The van der Waals surface area contributed by atoms with Crippen molar-refractivity contribution in [2.75, 3.05) is 33.7 Å². The highest BCUT2D eigenvalue weighted by Crippen LogP contribution is 1.88. The number of hydrogen-bond donors (Lipinski definition) is 2. The van der Waals surface area contributed by atoms with Crippen LogP contribution in [0.1, 0.15) is 19.8 Å². The Balaban J connectivity index is 3.64. The van der Waals surface area contributed by atoms with Crippen molar-refractivity contribution in [1.82, 2.24) is 15.5 Å². The number of amides is 2. The molecule has 0 radical (unpaired) electrons. The highest BCUT2D eigenvalue weighted by molar-refractivity contribution is 5.79. The van der Waals surface area contributed by atoms with Gasteiger partial charge in [-0.3, -0.25) is 9.59 Å². The van der Waals surface area contributed by atoms with Gasteiger partial charge >= 0.3 is 0 Å². The molecule has 0 aliphatic heterocycles. The van der Waals surface area contributed by atoms with Gasteiger partial charge in [0.05, 0.1) is 6.54 Å². The minimum absolute atomic E-state index is 0.0207. The zero-order valence-corrected chi connectivity index (χ0v) is 9.80. The van der Waals surface area contributed by atoms with Crippen molar-refractivity contribution in [3.05, 3.63) is 0 Å². The van der Waals surface area contributed by atoms with Gasteiger partial charge in [0.1, 0.15) is 0 Å². The van der Waals surface area contributed by atoms with Gasteiger partial charge in [-0.1, -0.05) is 6.92 Å². The number of hydrogen-bond acceptors (Lipinski definition) is 3. The van der Waals surface area contributed by atoms with Crippen LogP contribution in [0.15, 0.2) is 0 Å². The monoisotopic (exact) mass is 215 g/mol. The first-order chi connectivity index (χ1) is 7.11. The molecule has 0 unspecified atom stereocenters. The molecule has 0 aromatic carbocycles. The quantitative estimate of drug-likeness (QED) is 0.567. The molecule has 0 atom stereocenters. The highest BCUT2D eigenvalue weighted by Gasteiger charge is 2.08. The summed E-state index contributed by atoms with van der Waals surface area (Å²) in [5.74, 6) is -0.0245. The molecule has 0 aliphatic carbocycles. The summed E-state index contributed by atoms with van der Waals surface area (Å²) < 4.78 is 0. The molecule has 88 valence electrons. The van der Waals surface area contributed by atoms with Crippen molar-refractivity contribution in [2.24, 2.45) is 0 Å². The average Bonchev–Trinajstić information content (AvgIpc) is 2.25. The molecule has 5 nitrogen and oxygen atoms in total. The molecular formula is C10H21N3O2. The van der Waals surface area contributed by atoms with E-state index >= 15 is 0 Å². The van der Waals surface area contributed by atoms with Crippen molar-refractivity contribution in [1.29, 1.82) is 0 Å². The van der Waals surface area contributed by atoms with Gasteiger partial charge in [0.2, 0.25) is 11.8 Å². The van der Waals surface area contributed by atoms with Crippen LogP contribution in [0.4, 0.5) is 0 Å². The molecule has 0 fully saturated rings. The predicted octanol–water partition coefficient (Wildman–Crippen LogP) is -0.419. The van der Waals surface area contributed by atoms with Gasteiger partial charge in [0, 0.05) is 27.1 Å². The minimum Gasteiger partial charge on any atom is -0.359 e. The van der Waals surface area contributed by atoms with Crippen LogP contribution in [0, 0.1) is 0 Å². The summed E-state index contributed by atoms with van der Waals surface area (Å²) in [4.78, 5) is 24.0. The third-order valence-electron chi connectivity index (χ3n) is 2.08. The van der Waals surface area contributed by atoms with Crippen LogP contribution in [0.3, 0.4) is 0 Å². The Morgan fingerprint density at radius 3 is 2.53 bits per heavy atom. The van der Waals surface area contributed by atoms with E-state index in [0.717, 1.165) is 13.0 Å². The maximum absolute atomic E-state index is 11.5. The molecule has 0 rings (SSSR count). The maximum atomic E-state index is 11.5. The smallest absolute Gasteiger partial charge is 0.236 e. The van der Waals surface area contributed by atoms with E-state index in [1.54, 1.807) is 19.0 Å². The predicted molar refractivity (Wildman–Crippen MR) is 59.5 cm³/mol. The normalized spacial score (nSPS) is 9.80. The Labute approximate surface area is 91.2 Å². The van der Waals surface area contributed by atoms with E-state index in [0.29, 0.717) is 19.5 Å². The topological polar surface area (TPSA) is 61.4 Å². The second-order valence-electron chi connectivity index (χ2n) is 3.42. The molecule has 0 aliphatic rings. The molecule has 2 N–H and O–H groups in total. The standard InChI is InChI=1S/C10H21N3O2/c1-4-6-12-8-10(15)13(3)7-5-9(14)11-2/h12H,4-8H2,1-3H3,(H,11,14). The highest BCUT2D eigenvalue weighted by atomic mass is 16.2. The first kappa shape index (κ1) is 13.9. The minimum atomic E-state index is -0.0452. The molecule has 0 bridgehead atoms. The Morgan fingerprint density at radius 2 is 2.00 bits per heavy atom. The van der Waals surface area contributed by atoms with Gasteiger partial charge in [0.15, 0.2) is 0 Å². The largest absolute Gasteiger partial charge is 0.359 e. The summed E-state index contributed by atoms with van der Waals surface area (Å²) in [6, 6.07) is 0. The second-order valence-corrected chi connectivity index (χ2v) is 3.42. The van der Waals surface area contributed by atoms with Crippen LogP contribution < -0.4 is 10.6 Å². The Hall–Kier alpha value is -1.10. The first-order valence-electron chi connectivity index (χ1n) is 5.27. The fourth-order valence-corrected chi connectivity index (χ4v) is 1.03. The number of likely N-dealkylation sites (N-methyl/N-ethyl adjacent to an activating group) is 1. The van der Waals surface area contributed by atoms with E-state index < -0.39 is 0 Å². The number of rotatable bonds is 7. The molecule has 0 aromatic rings. The van der Waals surface area contributed by atoms with Crippen LogP contribution in [-0.2, 0) is 9.59 Å². The number of nitrogens with one attached hydrogen (secondary N) is 2. The summed E-state index contributed by atoms with van der Waals surface area (Å²) in [7, 11) is 3.30. The fourth-order valence-electron chi connectivity index (χ4n) is 1.03. The Bertz CT molecular complexity index is 207. The zero-order chi connectivity index (χ0) is 11.7. The zero-order valence-electron chi connectivity index (χ0n) is 9.80. The Kier molecular flexibility index (Phi) is 7.62. The van der Waals surface area contributed by atoms with E-state index in [2.05, 4.69) is 10.6 Å². The van der Waals surface area contributed by atoms with Crippen molar-refractivity contribution in [3.63, 3.8) is 0 Å². The third kappa shape index (κ3) is 6.90. The average molecular weight is 215 g/mol. The van der Waals surface area contributed by atoms with Gasteiger partial charge in [-0.05, 0) is 13.0 Å². The molecule has 0 spiro atoms. The fraction of sp³-hybridized carbons (Fsp3) is 0.800. The summed E-state index contributed by atoms with van der Waals surface area (Å²) in [6.07, 6.45) is 1.36. The molecule has 0 saturated carbocycles. The van der Waals surface area contributed by atoms with E-state index in [9.17, 15) is 9.59 Å². The molecule has 5 heteroatoms. The van der Waals surface area contributed by atoms with Gasteiger partial charge in [-0.2, -0.15) is 0 Å². The number of carbonyl (C=O) groups is 2. The summed E-state index contributed by atoms with van der Waals surface area (Å²) >= 11 is 0. The lowest BCUT2D eigenvalue weighted by Gasteiger charge is -2.16. The number of nitrogens with zero attached hydrogens (tertiary/aromatic N) is 1. The van der Waals surface area contributed by atoms with E-state index in [1.807, 2.05) is 6.92 Å². The molecular weight excluding hydrogens is 194 g/mol. The third-order valence-corrected chi connectivity index (χ3v) is 2.08. The van der Waals surface area contributed by atoms with Crippen molar-refractivity contribution in [3.8, 4) is 0 Å². The maximum Gasteiger partial charge on any atom is 0.236 e. The van der Waals surface area contributed by atoms with E-state index in [4.69, 9.17) is 0 Å². The Morgan fingerprint density at radius 1 is 1.33 bits per heavy atom. The SMILES string of the molecule is CCCNCC(=O)N(C)CCC(=O)NC. The van der Waals surface area contributed by atoms with Crippen LogP contribution in [0.2, 0.25) is 0 Å². The second kappa shape index (κ2) is 8.23. The van der Waals surface area contributed by atoms with Crippen LogP contribution in [0.5, 0.6) is 0 Å². The van der Waals surface area contributed by atoms with Crippen molar-refractivity contribution in [2.45, 2.75) is 19.8 Å². The van der Waals surface area contributed by atoms with Gasteiger partial charge in [-0.15, -0.1) is 0 Å². The van der Waals surface area contributed by atoms with Crippen LogP contribution in [0.25, 0.3) is 0 Å². The van der Waals surface area contributed by atoms with Crippen LogP contribution >= 0.6 is 0 Å².